The molecule has 0 saturated carbocycles. The molecule has 1 aromatic heterocycles. The maximum atomic E-state index is 13.7. The first-order valence-electron chi connectivity index (χ1n) is 8.26. The van der Waals surface area contributed by atoms with Crippen LogP contribution in [0, 0.1) is 17.5 Å². The lowest BCUT2D eigenvalue weighted by Crippen LogP contribution is -2.49. The molecule has 0 bridgehead atoms. The van der Waals surface area contributed by atoms with Crippen molar-refractivity contribution in [2.24, 2.45) is 5.73 Å². The quantitative estimate of drug-likeness (QED) is 0.686. The summed E-state index contributed by atoms with van der Waals surface area (Å²) in [7, 11) is 0. The third-order valence-electron chi connectivity index (χ3n) is 4.23. The van der Waals surface area contributed by atoms with Crippen LogP contribution < -0.4 is 16.4 Å². The summed E-state index contributed by atoms with van der Waals surface area (Å²) in [5, 5.41) is 5.18. The summed E-state index contributed by atoms with van der Waals surface area (Å²) < 4.78 is 39.9. The molecule has 1 aliphatic rings. The standard InChI is InChI=1S/C18H17F3N4O2/c19-12-8-14(21)13(20)5-10(12)4-11(22)7-16(26)24-15-6-9-2-1-3-23-17(9)25-18(15)27/h1-3,5,8,11,15H,4,6-7,22H2,(H,24,26)(H,23,25,27)/t11-,15-/m1/s1. The summed E-state index contributed by atoms with van der Waals surface area (Å²) in [5.74, 6) is -3.85. The van der Waals surface area contributed by atoms with E-state index in [1.54, 1.807) is 18.3 Å². The highest BCUT2D eigenvalue weighted by Crippen LogP contribution is 2.19. The Hall–Kier alpha value is -2.94. The Morgan fingerprint density at radius 1 is 1.30 bits per heavy atom. The van der Waals surface area contributed by atoms with E-state index < -0.39 is 41.3 Å². The van der Waals surface area contributed by atoms with Crippen molar-refractivity contribution in [1.29, 1.82) is 0 Å². The number of pyridine rings is 1. The lowest BCUT2D eigenvalue weighted by atomic mass is 10.0. The van der Waals surface area contributed by atoms with Gasteiger partial charge in [-0.1, -0.05) is 6.07 Å². The first-order valence-corrected chi connectivity index (χ1v) is 8.26. The number of anilines is 1. The van der Waals surface area contributed by atoms with Crippen molar-refractivity contribution < 1.29 is 22.8 Å². The minimum Gasteiger partial charge on any atom is -0.344 e. The predicted octanol–water partition coefficient (Wildman–Crippen LogP) is 1.44. The van der Waals surface area contributed by atoms with Crippen LogP contribution in [0.1, 0.15) is 17.5 Å². The molecular weight excluding hydrogens is 361 g/mol. The maximum absolute atomic E-state index is 13.7. The van der Waals surface area contributed by atoms with Gasteiger partial charge in [-0.05, 0) is 29.7 Å². The van der Waals surface area contributed by atoms with Crippen LogP contribution in [0.3, 0.4) is 0 Å². The van der Waals surface area contributed by atoms with Crippen LogP contribution in [0.5, 0.6) is 0 Å². The van der Waals surface area contributed by atoms with E-state index in [-0.39, 0.29) is 24.8 Å². The topological polar surface area (TPSA) is 97.1 Å². The Bertz CT molecular complexity index is 891. The molecule has 1 aliphatic heterocycles. The van der Waals surface area contributed by atoms with E-state index >= 15 is 0 Å². The Labute approximate surface area is 153 Å². The van der Waals surface area contributed by atoms with Gasteiger partial charge in [0.2, 0.25) is 11.8 Å². The molecule has 2 aromatic rings. The molecule has 2 atom stereocenters. The molecule has 3 rings (SSSR count). The lowest BCUT2D eigenvalue weighted by Gasteiger charge is -2.25. The predicted molar refractivity (Wildman–Crippen MR) is 91.1 cm³/mol. The smallest absolute Gasteiger partial charge is 0.248 e. The van der Waals surface area contributed by atoms with Crippen LogP contribution in [0.25, 0.3) is 0 Å². The van der Waals surface area contributed by atoms with E-state index in [9.17, 15) is 22.8 Å². The second kappa shape index (κ2) is 7.75. The molecule has 2 heterocycles. The first-order chi connectivity index (χ1) is 12.8. The van der Waals surface area contributed by atoms with Gasteiger partial charge in [0.05, 0.1) is 0 Å². The summed E-state index contributed by atoms with van der Waals surface area (Å²) in [6, 6.07) is 3.07. The second-order valence-electron chi connectivity index (χ2n) is 6.35. The van der Waals surface area contributed by atoms with Gasteiger partial charge in [0.15, 0.2) is 11.6 Å². The number of rotatable bonds is 5. The van der Waals surface area contributed by atoms with Crippen LogP contribution >= 0.6 is 0 Å². The average Bonchev–Trinajstić information content (AvgIpc) is 2.60. The van der Waals surface area contributed by atoms with E-state index in [0.717, 1.165) is 11.6 Å². The van der Waals surface area contributed by atoms with Crippen molar-refractivity contribution in [2.45, 2.75) is 31.3 Å². The molecule has 4 N–H and O–H groups in total. The highest BCUT2D eigenvalue weighted by molar-refractivity contribution is 5.99. The molecule has 0 unspecified atom stereocenters. The molecule has 9 heteroatoms. The number of halogens is 3. The van der Waals surface area contributed by atoms with Crippen LogP contribution in [-0.4, -0.2) is 28.9 Å². The number of benzene rings is 1. The van der Waals surface area contributed by atoms with Crippen LogP contribution in [0.2, 0.25) is 0 Å². The van der Waals surface area contributed by atoms with Crippen molar-refractivity contribution >= 4 is 17.6 Å². The van der Waals surface area contributed by atoms with Gasteiger partial charge in [-0.3, -0.25) is 9.59 Å². The Morgan fingerprint density at radius 3 is 2.81 bits per heavy atom. The molecule has 1 aromatic carbocycles. The average molecular weight is 378 g/mol. The van der Waals surface area contributed by atoms with Crippen molar-refractivity contribution in [3.63, 3.8) is 0 Å². The van der Waals surface area contributed by atoms with Crippen molar-refractivity contribution in [1.82, 2.24) is 10.3 Å². The van der Waals surface area contributed by atoms with Crippen LogP contribution in [0.4, 0.5) is 19.0 Å². The fraction of sp³-hybridized carbons (Fsp3) is 0.278. The number of hydrogen-bond donors (Lipinski definition) is 3. The maximum Gasteiger partial charge on any atom is 0.248 e. The normalized spacial score (nSPS) is 17.0. The van der Waals surface area contributed by atoms with Gasteiger partial charge in [0.25, 0.3) is 0 Å². The minimum atomic E-state index is -1.29. The number of hydrogen-bond acceptors (Lipinski definition) is 4. The summed E-state index contributed by atoms with van der Waals surface area (Å²) >= 11 is 0. The van der Waals surface area contributed by atoms with Gasteiger partial charge in [-0.2, -0.15) is 0 Å². The SMILES string of the molecule is N[C@@H](CC(=O)N[C@@H]1Cc2cccnc2NC1=O)Cc1cc(F)c(F)cc1F. The van der Waals surface area contributed by atoms with Gasteiger partial charge in [0.1, 0.15) is 17.7 Å². The van der Waals surface area contributed by atoms with Gasteiger partial charge in [-0.15, -0.1) is 0 Å². The van der Waals surface area contributed by atoms with E-state index in [4.69, 9.17) is 5.73 Å². The Balaban J connectivity index is 1.58. The lowest BCUT2D eigenvalue weighted by molar-refractivity contribution is -0.126. The third-order valence-corrected chi connectivity index (χ3v) is 4.23. The van der Waals surface area contributed by atoms with Crippen molar-refractivity contribution in [2.75, 3.05) is 5.32 Å². The Morgan fingerprint density at radius 2 is 2.04 bits per heavy atom. The van der Waals surface area contributed by atoms with Crippen molar-refractivity contribution in [3.8, 4) is 0 Å². The number of nitrogens with one attached hydrogen (secondary N) is 2. The second-order valence-corrected chi connectivity index (χ2v) is 6.35. The molecular formula is C18H17F3N4O2. The number of nitrogens with zero attached hydrogens (tertiary/aromatic N) is 1. The molecule has 0 spiro atoms. The molecule has 27 heavy (non-hydrogen) atoms. The molecule has 2 amide bonds. The molecule has 0 saturated heterocycles. The molecule has 0 fully saturated rings. The fourth-order valence-corrected chi connectivity index (χ4v) is 2.92. The zero-order valence-corrected chi connectivity index (χ0v) is 14.1. The number of carbonyl (C=O) groups is 2. The fourth-order valence-electron chi connectivity index (χ4n) is 2.92. The number of nitrogens with two attached hydrogens (primary N) is 1. The highest BCUT2D eigenvalue weighted by atomic mass is 19.2. The molecule has 142 valence electrons. The van der Waals surface area contributed by atoms with Crippen molar-refractivity contribution in [3.05, 3.63) is 59.0 Å². The van der Waals surface area contributed by atoms with Gasteiger partial charge < -0.3 is 16.4 Å². The summed E-state index contributed by atoms with van der Waals surface area (Å²) in [4.78, 5) is 28.3. The van der Waals surface area contributed by atoms with Gasteiger partial charge in [-0.25, -0.2) is 18.2 Å². The Kier molecular flexibility index (Phi) is 5.41. The number of fused-ring (bicyclic) bond motifs is 1. The molecule has 0 aliphatic carbocycles. The van der Waals surface area contributed by atoms with E-state index in [1.165, 1.54) is 0 Å². The summed E-state index contributed by atoms with van der Waals surface area (Å²) in [5.41, 5.74) is 6.49. The van der Waals surface area contributed by atoms with E-state index in [1.807, 2.05) is 0 Å². The zero-order valence-electron chi connectivity index (χ0n) is 14.1. The number of carbonyl (C=O) groups excluding carboxylic acids is 2. The molecule has 6 nitrogen and oxygen atoms in total. The zero-order chi connectivity index (χ0) is 19.6. The van der Waals surface area contributed by atoms with Crippen LogP contribution in [0.15, 0.2) is 30.5 Å². The largest absolute Gasteiger partial charge is 0.344 e. The van der Waals surface area contributed by atoms with E-state index in [0.29, 0.717) is 11.9 Å². The van der Waals surface area contributed by atoms with Crippen LogP contribution in [-0.2, 0) is 22.4 Å². The molecule has 0 radical (unpaired) electrons. The minimum absolute atomic E-state index is 0.121. The summed E-state index contributed by atoms with van der Waals surface area (Å²) in [6.45, 7) is 0. The van der Waals surface area contributed by atoms with Gasteiger partial charge >= 0.3 is 0 Å². The van der Waals surface area contributed by atoms with Gasteiger partial charge in [0, 0.05) is 31.1 Å². The van der Waals surface area contributed by atoms with E-state index in [2.05, 4.69) is 15.6 Å². The first kappa shape index (κ1) is 18.8. The monoisotopic (exact) mass is 378 g/mol. The summed E-state index contributed by atoms with van der Waals surface area (Å²) in [6.07, 6.45) is 1.48. The number of aromatic nitrogens is 1. The number of amides is 2. The highest BCUT2D eigenvalue weighted by Gasteiger charge is 2.28. The third kappa shape index (κ3) is 4.43.